The quantitative estimate of drug-likeness (QED) is 0.778. The molecule has 1 aromatic rings. The largest absolute Gasteiger partial charge is 0.399 e. The fourth-order valence-electron chi connectivity index (χ4n) is 2.29. The molecular formula is C13H19ClN2. The van der Waals surface area contributed by atoms with Crippen LogP contribution in [0.5, 0.6) is 0 Å². The standard InChI is InChI=1S/C13H19ClN2/c14-11-5-6-13(15)10(8-11)9-12-4-2-1-3-7-16-12/h5-6,8,12,16H,1-4,7,9,15H2. The van der Waals surface area contributed by atoms with Crippen LogP contribution >= 0.6 is 11.6 Å². The van der Waals surface area contributed by atoms with Crippen molar-refractivity contribution in [3.8, 4) is 0 Å². The molecule has 0 aromatic heterocycles. The lowest BCUT2D eigenvalue weighted by Gasteiger charge is -2.17. The minimum atomic E-state index is 0.559. The second-order valence-electron chi connectivity index (χ2n) is 4.55. The highest BCUT2D eigenvalue weighted by molar-refractivity contribution is 6.30. The van der Waals surface area contributed by atoms with Gasteiger partial charge < -0.3 is 11.1 Å². The SMILES string of the molecule is Nc1ccc(Cl)cc1CC1CCCCCN1. The Morgan fingerprint density at radius 3 is 3.06 bits per heavy atom. The van der Waals surface area contributed by atoms with Gasteiger partial charge in [0.25, 0.3) is 0 Å². The zero-order valence-electron chi connectivity index (χ0n) is 9.51. The number of hydrogen-bond donors (Lipinski definition) is 2. The van der Waals surface area contributed by atoms with Crippen LogP contribution in [0.2, 0.25) is 5.02 Å². The number of rotatable bonds is 2. The van der Waals surface area contributed by atoms with Gasteiger partial charge in [0.15, 0.2) is 0 Å². The van der Waals surface area contributed by atoms with Gasteiger partial charge in [0.1, 0.15) is 0 Å². The molecule has 1 saturated heterocycles. The highest BCUT2D eigenvalue weighted by Gasteiger charge is 2.13. The number of nitrogens with one attached hydrogen (secondary N) is 1. The number of benzene rings is 1. The molecule has 1 aliphatic heterocycles. The van der Waals surface area contributed by atoms with E-state index >= 15 is 0 Å². The molecule has 3 N–H and O–H groups in total. The third-order valence-corrected chi connectivity index (χ3v) is 3.47. The van der Waals surface area contributed by atoms with Gasteiger partial charge in [-0.3, -0.25) is 0 Å². The molecule has 1 unspecified atom stereocenters. The first-order chi connectivity index (χ1) is 7.75. The summed E-state index contributed by atoms with van der Waals surface area (Å²) >= 11 is 5.99. The second kappa shape index (κ2) is 5.55. The summed E-state index contributed by atoms with van der Waals surface area (Å²) in [4.78, 5) is 0. The monoisotopic (exact) mass is 238 g/mol. The van der Waals surface area contributed by atoms with Crippen LogP contribution in [0.4, 0.5) is 5.69 Å². The van der Waals surface area contributed by atoms with Crippen LogP contribution in [0.25, 0.3) is 0 Å². The highest BCUT2D eigenvalue weighted by atomic mass is 35.5. The zero-order chi connectivity index (χ0) is 11.4. The van der Waals surface area contributed by atoms with Gasteiger partial charge in [-0.15, -0.1) is 0 Å². The predicted octanol–water partition coefficient (Wildman–Crippen LogP) is 3.00. The van der Waals surface area contributed by atoms with Crippen molar-refractivity contribution in [1.29, 1.82) is 0 Å². The van der Waals surface area contributed by atoms with Crippen molar-refractivity contribution < 1.29 is 0 Å². The van der Waals surface area contributed by atoms with E-state index in [4.69, 9.17) is 17.3 Å². The van der Waals surface area contributed by atoms with E-state index in [0.29, 0.717) is 6.04 Å². The van der Waals surface area contributed by atoms with Crippen LogP contribution in [0, 0.1) is 0 Å². The first-order valence-corrected chi connectivity index (χ1v) is 6.41. The average Bonchev–Trinajstić information content (AvgIpc) is 2.52. The van der Waals surface area contributed by atoms with E-state index in [1.165, 1.54) is 31.2 Å². The Labute approximate surface area is 102 Å². The molecule has 1 aromatic carbocycles. The van der Waals surface area contributed by atoms with Crippen LogP contribution in [0.1, 0.15) is 31.2 Å². The minimum absolute atomic E-state index is 0.559. The third-order valence-electron chi connectivity index (χ3n) is 3.23. The van der Waals surface area contributed by atoms with Gasteiger partial charge in [-0.05, 0) is 49.6 Å². The van der Waals surface area contributed by atoms with Crippen molar-refractivity contribution in [1.82, 2.24) is 5.32 Å². The maximum absolute atomic E-state index is 5.99. The van der Waals surface area contributed by atoms with Crippen LogP contribution in [0.15, 0.2) is 18.2 Å². The summed E-state index contributed by atoms with van der Waals surface area (Å²) in [7, 11) is 0. The van der Waals surface area contributed by atoms with Crippen LogP contribution in [-0.4, -0.2) is 12.6 Å². The van der Waals surface area contributed by atoms with E-state index in [0.717, 1.165) is 23.7 Å². The Hall–Kier alpha value is -0.730. The molecule has 0 bridgehead atoms. The predicted molar refractivity (Wildman–Crippen MR) is 69.8 cm³/mol. The third kappa shape index (κ3) is 3.13. The fraction of sp³-hybridized carbons (Fsp3) is 0.538. The second-order valence-corrected chi connectivity index (χ2v) is 4.98. The molecule has 0 aliphatic carbocycles. The molecule has 1 atom stereocenters. The van der Waals surface area contributed by atoms with Gasteiger partial charge in [0.2, 0.25) is 0 Å². The van der Waals surface area contributed by atoms with E-state index in [1.807, 2.05) is 18.2 Å². The first-order valence-electron chi connectivity index (χ1n) is 6.03. The summed E-state index contributed by atoms with van der Waals surface area (Å²) in [6.07, 6.45) is 6.19. The van der Waals surface area contributed by atoms with Crippen molar-refractivity contribution in [3.05, 3.63) is 28.8 Å². The van der Waals surface area contributed by atoms with Crippen LogP contribution < -0.4 is 11.1 Å². The molecule has 0 spiro atoms. The van der Waals surface area contributed by atoms with E-state index < -0.39 is 0 Å². The normalized spacial score (nSPS) is 21.7. The van der Waals surface area contributed by atoms with Crippen molar-refractivity contribution >= 4 is 17.3 Å². The molecule has 2 nitrogen and oxygen atoms in total. The lowest BCUT2D eigenvalue weighted by molar-refractivity contribution is 0.508. The van der Waals surface area contributed by atoms with Crippen molar-refractivity contribution in [2.45, 2.75) is 38.1 Å². The van der Waals surface area contributed by atoms with Crippen molar-refractivity contribution in [2.24, 2.45) is 0 Å². The number of anilines is 1. The molecule has 16 heavy (non-hydrogen) atoms. The Morgan fingerprint density at radius 1 is 1.31 bits per heavy atom. The summed E-state index contributed by atoms with van der Waals surface area (Å²) in [6, 6.07) is 6.29. The lowest BCUT2D eigenvalue weighted by atomic mass is 10.0. The fourth-order valence-corrected chi connectivity index (χ4v) is 2.49. The molecule has 1 aliphatic rings. The summed E-state index contributed by atoms with van der Waals surface area (Å²) in [6.45, 7) is 1.13. The van der Waals surface area contributed by atoms with E-state index in [-0.39, 0.29) is 0 Å². The number of nitrogens with two attached hydrogens (primary N) is 1. The first kappa shape index (κ1) is 11.7. The van der Waals surface area contributed by atoms with Gasteiger partial charge in [-0.25, -0.2) is 0 Å². The van der Waals surface area contributed by atoms with Crippen molar-refractivity contribution in [2.75, 3.05) is 12.3 Å². The molecule has 3 heteroatoms. The molecule has 0 saturated carbocycles. The Balaban J connectivity index is 2.04. The Bertz CT molecular complexity index is 344. The minimum Gasteiger partial charge on any atom is -0.399 e. The van der Waals surface area contributed by atoms with Gasteiger partial charge in [0.05, 0.1) is 0 Å². The maximum Gasteiger partial charge on any atom is 0.0410 e. The Kier molecular flexibility index (Phi) is 4.08. The molecule has 1 heterocycles. The number of nitrogen functional groups attached to an aromatic ring is 1. The number of hydrogen-bond acceptors (Lipinski definition) is 2. The number of halogens is 1. The molecule has 1 fully saturated rings. The summed E-state index contributed by atoms with van der Waals surface area (Å²) in [5.74, 6) is 0. The van der Waals surface area contributed by atoms with Gasteiger partial charge in [0, 0.05) is 16.8 Å². The topological polar surface area (TPSA) is 38.0 Å². The smallest absolute Gasteiger partial charge is 0.0410 e. The molecule has 0 amide bonds. The average molecular weight is 239 g/mol. The molecule has 0 radical (unpaired) electrons. The van der Waals surface area contributed by atoms with Crippen LogP contribution in [0.3, 0.4) is 0 Å². The van der Waals surface area contributed by atoms with Gasteiger partial charge >= 0.3 is 0 Å². The highest BCUT2D eigenvalue weighted by Crippen LogP contribution is 2.21. The lowest BCUT2D eigenvalue weighted by Crippen LogP contribution is -2.30. The molecular weight excluding hydrogens is 220 g/mol. The van der Waals surface area contributed by atoms with Gasteiger partial charge in [-0.2, -0.15) is 0 Å². The van der Waals surface area contributed by atoms with E-state index in [1.54, 1.807) is 0 Å². The maximum atomic E-state index is 5.99. The van der Waals surface area contributed by atoms with E-state index in [2.05, 4.69) is 5.32 Å². The van der Waals surface area contributed by atoms with Crippen molar-refractivity contribution in [3.63, 3.8) is 0 Å². The van der Waals surface area contributed by atoms with E-state index in [9.17, 15) is 0 Å². The van der Waals surface area contributed by atoms with Crippen LogP contribution in [-0.2, 0) is 6.42 Å². The molecule has 2 rings (SSSR count). The summed E-state index contributed by atoms with van der Waals surface area (Å²) in [5, 5.41) is 4.35. The van der Waals surface area contributed by atoms with Gasteiger partial charge in [-0.1, -0.05) is 24.4 Å². The summed E-state index contributed by atoms with van der Waals surface area (Å²) < 4.78 is 0. The summed E-state index contributed by atoms with van der Waals surface area (Å²) in [5.41, 5.74) is 7.99. The Morgan fingerprint density at radius 2 is 2.19 bits per heavy atom. The zero-order valence-corrected chi connectivity index (χ0v) is 10.3. The molecule has 88 valence electrons.